The molecule has 4 rings (SSSR count). The molecule has 5 heteroatoms. The van der Waals surface area contributed by atoms with Gasteiger partial charge in [-0.2, -0.15) is 5.26 Å². The number of nitrogens with zero attached hydrogens (tertiary/aromatic N) is 2. The number of aromatic nitrogens is 1. The summed E-state index contributed by atoms with van der Waals surface area (Å²) in [6.45, 7) is 0. The lowest BCUT2D eigenvalue weighted by Crippen LogP contribution is -2.36. The average molecular weight is 319 g/mol. The van der Waals surface area contributed by atoms with Crippen molar-refractivity contribution in [2.75, 3.05) is 5.32 Å². The summed E-state index contributed by atoms with van der Waals surface area (Å²) < 4.78 is 6.02. The van der Waals surface area contributed by atoms with Gasteiger partial charge in [-0.1, -0.05) is 0 Å². The molecule has 1 N–H and O–H groups in total. The van der Waals surface area contributed by atoms with Crippen LogP contribution >= 0.6 is 0 Å². The van der Waals surface area contributed by atoms with E-state index in [1.54, 1.807) is 36.7 Å². The van der Waals surface area contributed by atoms with Gasteiger partial charge in [0.15, 0.2) is 0 Å². The van der Waals surface area contributed by atoms with Crippen LogP contribution in [0.15, 0.2) is 48.8 Å². The molecule has 120 valence electrons. The summed E-state index contributed by atoms with van der Waals surface area (Å²) in [6.07, 6.45) is 5.53. The Balaban J connectivity index is 1.56. The Morgan fingerprint density at radius 1 is 1.12 bits per heavy atom. The SMILES string of the molecule is N#Cc1ccc(NC(=O)[C@H]2[C@H](c3ccncc3)[C@@H]3CC[C@H]2O3)cc1. The van der Waals surface area contributed by atoms with E-state index < -0.39 is 0 Å². The Morgan fingerprint density at radius 2 is 1.83 bits per heavy atom. The first-order valence-electron chi connectivity index (χ1n) is 8.12. The number of fused-ring (bicyclic) bond motifs is 2. The van der Waals surface area contributed by atoms with Crippen LogP contribution in [0.1, 0.15) is 29.9 Å². The third kappa shape index (κ3) is 2.55. The standard InChI is InChI=1S/C19H17N3O2/c20-11-12-1-3-14(4-2-12)22-19(23)18-16-6-5-15(24-16)17(18)13-7-9-21-10-8-13/h1-4,7-10,15-18H,5-6H2,(H,22,23)/t15-,16+,17+,18+/m0/s1. The Kier molecular flexibility index (Phi) is 3.75. The van der Waals surface area contributed by atoms with Gasteiger partial charge in [0, 0.05) is 24.0 Å². The summed E-state index contributed by atoms with van der Waals surface area (Å²) in [5.74, 6) is -0.138. The number of amides is 1. The number of nitriles is 1. The molecule has 0 saturated carbocycles. The van der Waals surface area contributed by atoms with Crippen molar-refractivity contribution in [1.82, 2.24) is 4.98 Å². The molecule has 2 fully saturated rings. The van der Waals surface area contributed by atoms with Crippen molar-refractivity contribution >= 4 is 11.6 Å². The van der Waals surface area contributed by atoms with Crippen LogP contribution in [0, 0.1) is 17.2 Å². The summed E-state index contributed by atoms with van der Waals surface area (Å²) in [6, 6.07) is 12.9. The van der Waals surface area contributed by atoms with Gasteiger partial charge in [0.2, 0.25) is 5.91 Å². The molecular weight excluding hydrogens is 302 g/mol. The Hall–Kier alpha value is -2.71. The zero-order chi connectivity index (χ0) is 16.5. The lowest BCUT2D eigenvalue weighted by molar-refractivity contribution is -0.121. The van der Waals surface area contributed by atoms with Crippen molar-refractivity contribution < 1.29 is 9.53 Å². The second-order valence-electron chi connectivity index (χ2n) is 6.30. The number of carbonyl (C=O) groups excluding carboxylic acids is 1. The molecule has 2 aliphatic rings. The molecule has 1 aromatic heterocycles. The van der Waals surface area contributed by atoms with Gasteiger partial charge in [0.05, 0.1) is 29.8 Å². The van der Waals surface area contributed by atoms with Gasteiger partial charge in [-0.15, -0.1) is 0 Å². The topological polar surface area (TPSA) is 75.0 Å². The van der Waals surface area contributed by atoms with Crippen LogP contribution in [0.3, 0.4) is 0 Å². The van der Waals surface area contributed by atoms with Crippen LogP contribution in [-0.4, -0.2) is 23.1 Å². The number of pyridine rings is 1. The van der Waals surface area contributed by atoms with E-state index in [1.807, 2.05) is 12.1 Å². The molecule has 2 aromatic rings. The predicted octanol–water partition coefficient (Wildman–Crippen LogP) is 2.85. The minimum atomic E-state index is -0.193. The first kappa shape index (κ1) is 14.9. The van der Waals surface area contributed by atoms with Crippen molar-refractivity contribution in [3.05, 3.63) is 59.9 Å². The summed E-state index contributed by atoms with van der Waals surface area (Å²) in [5, 5.41) is 11.8. The fourth-order valence-electron chi connectivity index (χ4n) is 3.87. The quantitative estimate of drug-likeness (QED) is 0.944. The fourth-order valence-corrected chi connectivity index (χ4v) is 3.87. The molecule has 1 aromatic carbocycles. The molecule has 2 saturated heterocycles. The number of nitrogens with one attached hydrogen (secondary N) is 1. The average Bonchev–Trinajstić information content (AvgIpc) is 3.24. The van der Waals surface area contributed by atoms with Gasteiger partial charge in [-0.05, 0) is 54.8 Å². The highest BCUT2D eigenvalue weighted by molar-refractivity contribution is 5.94. The summed E-state index contributed by atoms with van der Waals surface area (Å²) in [4.78, 5) is 16.9. The number of rotatable bonds is 3. The van der Waals surface area contributed by atoms with Gasteiger partial charge < -0.3 is 10.1 Å². The monoisotopic (exact) mass is 319 g/mol. The normalized spacial score (nSPS) is 27.6. The Labute approximate surface area is 140 Å². The molecule has 24 heavy (non-hydrogen) atoms. The molecule has 0 aliphatic carbocycles. The number of anilines is 1. The predicted molar refractivity (Wildman–Crippen MR) is 88.1 cm³/mol. The molecule has 4 atom stereocenters. The number of carbonyl (C=O) groups is 1. The molecule has 0 unspecified atom stereocenters. The first-order valence-corrected chi connectivity index (χ1v) is 8.12. The third-order valence-corrected chi connectivity index (χ3v) is 4.95. The minimum absolute atomic E-state index is 0.0197. The molecule has 0 spiro atoms. The van der Waals surface area contributed by atoms with E-state index in [4.69, 9.17) is 10.00 Å². The van der Waals surface area contributed by atoms with Crippen molar-refractivity contribution in [1.29, 1.82) is 5.26 Å². The molecule has 5 nitrogen and oxygen atoms in total. The fraction of sp³-hybridized carbons (Fsp3) is 0.316. The maximum atomic E-state index is 12.9. The number of ether oxygens (including phenoxy) is 1. The van der Waals surface area contributed by atoms with Gasteiger partial charge in [-0.25, -0.2) is 0 Å². The lowest BCUT2D eigenvalue weighted by Gasteiger charge is -2.27. The van der Waals surface area contributed by atoms with E-state index in [0.717, 1.165) is 18.4 Å². The molecule has 1 amide bonds. The second kappa shape index (κ2) is 6.06. The largest absolute Gasteiger partial charge is 0.373 e. The van der Waals surface area contributed by atoms with Crippen molar-refractivity contribution in [3.63, 3.8) is 0 Å². The van der Waals surface area contributed by atoms with E-state index in [0.29, 0.717) is 11.3 Å². The van der Waals surface area contributed by atoms with Crippen LogP contribution in [0.5, 0.6) is 0 Å². The molecule has 0 radical (unpaired) electrons. The van der Waals surface area contributed by atoms with Gasteiger partial charge >= 0.3 is 0 Å². The van der Waals surface area contributed by atoms with Crippen molar-refractivity contribution in [3.8, 4) is 6.07 Å². The van der Waals surface area contributed by atoms with Gasteiger partial charge in [0.25, 0.3) is 0 Å². The van der Waals surface area contributed by atoms with Gasteiger partial charge in [0.1, 0.15) is 0 Å². The van der Waals surface area contributed by atoms with Crippen LogP contribution in [0.4, 0.5) is 5.69 Å². The Bertz CT molecular complexity index is 783. The highest BCUT2D eigenvalue weighted by Crippen LogP contribution is 2.49. The number of hydrogen-bond acceptors (Lipinski definition) is 4. The second-order valence-corrected chi connectivity index (χ2v) is 6.30. The maximum Gasteiger partial charge on any atom is 0.230 e. The smallest absolute Gasteiger partial charge is 0.230 e. The zero-order valence-corrected chi connectivity index (χ0v) is 13.1. The van der Waals surface area contributed by atoms with Crippen molar-refractivity contribution in [2.24, 2.45) is 5.92 Å². The van der Waals surface area contributed by atoms with Crippen LogP contribution in [0.25, 0.3) is 0 Å². The van der Waals surface area contributed by atoms with E-state index in [1.165, 1.54) is 0 Å². The third-order valence-electron chi connectivity index (χ3n) is 4.95. The van der Waals surface area contributed by atoms with E-state index in [9.17, 15) is 4.79 Å². The number of hydrogen-bond donors (Lipinski definition) is 1. The summed E-state index contributed by atoms with van der Waals surface area (Å²) >= 11 is 0. The van der Waals surface area contributed by atoms with Crippen LogP contribution < -0.4 is 5.32 Å². The maximum absolute atomic E-state index is 12.9. The first-order chi connectivity index (χ1) is 11.8. The molecule has 2 bridgehead atoms. The van der Waals surface area contributed by atoms with Gasteiger partial charge in [-0.3, -0.25) is 9.78 Å². The lowest BCUT2D eigenvalue weighted by atomic mass is 9.75. The van der Waals surface area contributed by atoms with Crippen molar-refractivity contribution in [2.45, 2.75) is 31.0 Å². The van der Waals surface area contributed by atoms with Crippen LogP contribution in [-0.2, 0) is 9.53 Å². The minimum Gasteiger partial charge on any atom is -0.373 e. The zero-order valence-electron chi connectivity index (χ0n) is 13.1. The van der Waals surface area contributed by atoms with E-state index >= 15 is 0 Å². The van der Waals surface area contributed by atoms with Crippen LogP contribution in [0.2, 0.25) is 0 Å². The van der Waals surface area contributed by atoms with E-state index in [-0.39, 0.29) is 30.0 Å². The molecular formula is C19H17N3O2. The highest BCUT2D eigenvalue weighted by Gasteiger charge is 2.52. The summed E-state index contributed by atoms with van der Waals surface area (Å²) in [7, 11) is 0. The van der Waals surface area contributed by atoms with E-state index in [2.05, 4.69) is 16.4 Å². The Morgan fingerprint density at radius 3 is 2.54 bits per heavy atom. The molecule has 2 aliphatic heterocycles. The number of benzene rings is 1. The highest BCUT2D eigenvalue weighted by atomic mass is 16.5. The molecule has 3 heterocycles. The summed E-state index contributed by atoms with van der Waals surface area (Å²) in [5.41, 5.74) is 2.39.